The smallest absolute Gasteiger partial charge is 0.243 e. The highest BCUT2D eigenvalue weighted by molar-refractivity contribution is 7.89. The topological polar surface area (TPSA) is 75.7 Å². The lowest BCUT2D eigenvalue weighted by atomic mass is 10.1. The zero-order valence-electron chi connectivity index (χ0n) is 18.6. The van der Waals surface area contributed by atoms with E-state index in [-0.39, 0.29) is 23.9 Å². The number of hydrogen-bond acceptors (Lipinski definition) is 4. The Labute approximate surface area is 200 Å². The molecule has 0 bridgehead atoms. The average Bonchev–Trinajstić information content (AvgIpc) is 2.79. The van der Waals surface area contributed by atoms with E-state index >= 15 is 0 Å². The van der Waals surface area contributed by atoms with Crippen molar-refractivity contribution in [3.8, 4) is 5.75 Å². The van der Waals surface area contributed by atoms with E-state index in [1.54, 1.807) is 7.11 Å². The summed E-state index contributed by atoms with van der Waals surface area (Å²) in [5.41, 5.74) is 2.86. The van der Waals surface area contributed by atoms with Crippen molar-refractivity contribution in [1.82, 2.24) is 9.62 Å². The summed E-state index contributed by atoms with van der Waals surface area (Å²) in [5, 5.41) is 3.26. The van der Waals surface area contributed by atoms with Gasteiger partial charge in [0.1, 0.15) is 5.75 Å². The molecular weight excluding hydrogens is 460 g/mol. The first-order valence-corrected chi connectivity index (χ1v) is 12.3. The Balaban J connectivity index is 1.71. The molecule has 3 aromatic rings. The van der Waals surface area contributed by atoms with Crippen molar-refractivity contribution in [1.29, 1.82) is 0 Å². The van der Waals surface area contributed by atoms with Crippen LogP contribution in [0.4, 0.5) is 0 Å². The third-order valence-electron chi connectivity index (χ3n) is 5.11. The van der Waals surface area contributed by atoms with Gasteiger partial charge in [-0.25, -0.2) is 8.42 Å². The van der Waals surface area contributed by atoms with Crippen LogP contribution in [0.15, 0.2) is 77.7 Å². The van der Waals surface area contributed by atoms with Crippen LogP contribution in [-0.2, 0) is 27.8 Å². The van der Waals surface area contributed by atoms with Gasteiger partial charge in [0, 0.05) is 18.1 Å². The molecule has 0 aliphatic carbocycles. The predicted molar refractivity (Wildman–Crippen MR) is 130 cm³/mol. The highest BCUT2D eigenvalue weighted by atomic mass is 35.5. The Kier molecular flexibility index (Phi) is 8.49. The van der Waals surface area contributed by atoms with Gasteiger partial charge >= 0.3 is 0 Å². The summed E-state index contributed by atoms with van der Waals surface area (Å²) >= 11 is 5.92. The monoisotopic (exact) mass is 486 g/mol. The molecule has 6 nitrogen and oxygen atoms in total. The van der Waals surface area contributed by atoms with Crippen molar-refractivity contribution in [2.45, 2.75) is 24.8 Å². The quantitative estimate of drug-likeness (QED) is 0.466. The number of hydrogen-bond donors (Lipinski definition) is 1. The molecule has 174 valence electrons. The summed E-state index contributed by atoms with van der Waals surface area (Å²) in [4.78, 5) is 12.8. The largest absolute Gasteiger partial charge is 0.497 e. The van der Waals surface area contributed by atoms with Gasteiger partial charge in [0.25, 0.3) is 0 Å². The fourth-order valence-corrected chi connectivity index (χ4v) is 4.86. The number of halogens is 1. The van der Waals surface area contributed by atoms with Crippen molar-refractivity contribution in [3.63, 3.8) is 0 Å². The van der Waals surface area contributed by atoms with Crippen LogP contribution in [0.1, 0.15) is 16.7 Å². The summed E-state index contributed by atoms with van der Waals surface area (Å²) in [6.07, 6.45) is 0.623. The molecule has 0 aliphatic heterocycles. The van der Waals surface area contributed by atoms with E-state index < -0.39 is 10.0 Å². The van der Waals surface area contributed by atoms with Gasteiger partial charge < -0.3 is 10.1 Å². The molecule has 3 aromatic carbocycles. The molecule has 0 heterocycles. The molecule has 0 fully saturated rings. The van der Waals surface area contributed by atoms with Crippen LogP contribution in [0.3, 0.4) is 0 Å². The SMILES string of the molecule is COc1ccc(CCNC(=O)CN(Cc2cccc(C)c2)S(=O)(=O)c2ccc(Cl)cc2)cc1. The van der Waals surface area contributed by atoms with E-state index in [1.807, 2.05) is 55.5 Å². The van der Waals surface area contributed by atoms with Crippen molar-refractivity contribution >= 4 is 27.5 Å². The molecule has 0 atom stereocenters. The summed E-state index contributed by atoms with van der Waals surface area (Å²) in [6.45, 7) is 2.12. The van der Waals surface area contributed by atoms with Crippen LogP contribution in [0.25, 0.3) is 0 Å². The molecule has 8 heteroatoms. The van der Waals surface area contributed by atoms with Gasteiger partial charge in [-0.2, -0.15) is 4.31 Å². The molecule has 0 aliphatic rings. The number of amides is 1. The minimum Gasteiger partial charge on any atom is -0.497 e. The van der Waals surface area contributed by atoms with Crippen LogP contribution in [-0.4, -0.2) is 38.8 Å². The average molecular weight is 487 g/mol. The second-order valence-corrected chi connectivity index (χ2v) is 10.0. The number of benzene rings is 3. The standard InChI is InChI=1S/C25H27ClN2O4S/c1-19-4-3-5-21(16-19)17-28(33(30,31)24-12-8-22(26)9-13-24)18-25(29)27-15-14-20-6-10-23(32-2)11-7-20/h3-13,16H,14-15,17-18H2,1-2H3,(H,27,29). The van der Waals surface area contributed by atoms with Gasteiger partial charge in [0.2, 0.25) is 15.9 Å². The minimum atomic E-state index is -3.91. The number of carbonyl (C=O) groups excluding carboxylic acids is 1. The number of rotatable bonds is 10. The van der Waals surface area contributed by atoms with E-state index in [9.17, 15) is 13.2 Å². The molecule has 3 rings (SSSR count). The maximum Gasteiger partial charge on any atom is 0.243 e. The lowest BCUT2D eigenvalue weighted by molar-refractivity contribution is -0.121. The van der Waals surface area contributed by atoms with Crippen molar-refractivity contribution < 1.29 is 17.9 Å². The third-order valence-corrected chi connectivity index (χ3v) is 7.17. The lowest BCUT2D eigenvalue weighted by Crippen LogP contribution is -2.40. The summed E-state index contributed by atoms with van der Waals surface area (Å²) in [5.74, 6) is 0.399. The predicted octanol–water partition coefficient (Wildman–Crippen LogP) is 4.21. The van der Waals surface area contributed by atoms with Gasteiger partial charge in [-0.1, -0.05) is 53.6 Å². The Morgan fingerprint density at radius 1 is 1.00 bits per heavy atom. The van der Waals surface area contributed by atoms with E-state index in [0.717, 1.165) is 22.4 Å². The molecule has 0 saturated heterocycles. The maximum absolute atomic E-state index is 13.3. The second-order valence-electron chi connectivity index (χ2n) is 7.66. The number of nitrogens with one attached hydrogen (secondary N) is 1. The summed E-state index contributed by atoms with van der Waals surface area (Å²) in [7, 11) is -2.30. The van der Waals surface area contributed by atoms with Crippen LogP contribution in [0.2, 0.25) is 5.02 Å². The van der Waals surface area contributed by atoms with E-state index in [0.29, 0.717) is 18.0 Å². The first-order valence-electron chi connectivity index (χ1n) is 10.5. The zero-order valence-corrected chi connectivity index (χ0v) is 20.2. The first kappa shape index (κ1) is 24.8. The number of nitrogens with zero attached hydrogens (tertiary/aromatic N) is 1. The number of carbonyl (C=O) groups is 1. The van der Waals surface area contributed by atoms with Crippen LogP contribution >= 0.6 is 11.6 Å². The van der Waals surface area contributed by atoms with E-state index in [2.05, 4.69) is 5.32 Å². The number of methoxy groups -OCH3 is 1. The first-order chi connectivity index (χ1) is 15.8. The Morgan fingerprint density at radius 3 is 2.33 bits per heavy atom. The van der Waals surface area contributed by atoms with Crippen molar-refractivity contribution in [2.24, 2.45) is 0 Å². The van der Waals surface area contributed by atoms with Gasteiger partial charge in [-0.3, -0.25) is 4.79 Å². The molecule has 0 unspecified atom stereocenters. The summed E-state index contributed by atoms with van der Waals surface area (Å²) in [6, 6.07) is 21.1. The van der Waals surface area contributed by atoms with Crippen LogP contribution in [0.5, 0.6) is 5.75 Å². The Hall–Kier alpha value is -2.87. The van der Waals surface area contributed by atoms with E-state index in [1.165, 1.54) is 28.6 Å². The zero-order chi connectivity index (χ0) is 23.8. The number of ether oxygens (including phenoxy) is 1. The van der Waals surface area contributed by atoms with E-state index in [4.69, 9.17) is 16.3 Å². The minimum absolute atomic E-state index is 0.0819. The summed E-state index contributed by atoms with van der Waals surface area (Å²) < 4.78 is 33.0. The fraction of sp³-hybridized carbons (Fsp3) is 0.240. The molecule has 0 spiro atoms. The van der Waals surface area contributed by atoms with Crippen LogP contribution in [0, 0.1) is 6.92 Å². The van der Waals surface area contributed by atoms with Crippen molar-refractivity contribution in [2.75, 3.05) is 20.2 Å². The normalized spacial score (nSPS) is 11.4. The second kappa shape index (κ2) is 11.3. The molecule has 0 saturated carbocycles. The maximum atomic E-state index is 13.3. The molecule has 1 amide bonds. The van der Waals surface area contributed by atoms with Gasteiger partial charge in [-0.05, 0) is 60.9 Å². The molecule has 0 aromatic heterocycles. The Morgan fingerprint density at radius 2 is 1.70 bits per heavy atom. The third kappa shape index (κ3) is 7.05. The van der Waals surface area contributed by atoms with Crippen LogP contribution < -0.4 is 10.1 Å². The number of aryl methyl sites for hydroxylation is 1. The molecule has 33 heavy (non-hydrogen) atoms. The lowest BCUT2D eigenvalue weighted by Gasteiger charge is -2.22. The van der Waals surface area contributed by atoms with Gasteiger partial charge in [0.05, 0.1) is 18.6 Å². The molecule has 1 N–H and O–H groups in total. The number of sulfonamides is 1. The Bertz CT molecular complexity index is 1180. The highest BCUT2D eigenvalue weighted by Crippen LogP contribution is 2.21. The van der Waals surface area contributed by atoms with Gasteiger partial charge in [-0.15, -0.1) is 0 Å². The molecule has 0 radical (unpaired) electrons. The molecular formula is C25H27ClN2O4S. The highest BCUT2D eigenvalue weighted by Gasteiger charge is 2.27. The fourth-order valence-electron chi connectivity index (χ4n) is 3.35. The van der Waals surface area contributed by atoms with Crippen molar-refractivity contribution in [3.05, 3.63) is 94.5 Å². The van der Waals surface area contributed by atoms with Gasteiger partial charge in [0.15, 0.2) is 0 Å².